The van der Waals surface area contributed by atoms with Crippen molar-refractivity contribution in [1.29, 1.82) is 0 Å². The number of amides is 1. The van der Waals surface area contributed by atoms with Gasteiger partial charge in [0.05, 0.1) is 10.4 Å². The molecule has 3 heterocycles. The highest BCUT2D eigenvalue weighted by atomic mass is 32.2. The first-order valence-electron chi connectivity index (χ1n) is 11.6. The maximum Gasteiger partial charge on any atom is 0.281 e. The van der Waals surface area contributed by atoms with Crippen molar-refractivity contribution in [3.05, 3.63) is 76.3 Å². The molecule has 0 bridgehead atoms. The molecule has 2 unspecified atom stereocenters. The Hall–Kier alpha value is -3.32. The largest absolute Gasteiger partial charge is 0.287 e. The predicted molar refractivity (Wildman–Crippen MR) is 138 cm³/mol. The highest BCUT2D eigenvalue weighted by Crippen LogP contribution is 2.40. The van der Waals surface area contributed by atoms with Crippen LogP contribution in [0.1, 0.15) is 55.1 Å². The lowest BCUT2D eigenvalue weighted by molar-refractivity contribution is -0.127. The minimum atomic E-state index is -0.322. The Bertz CT molecular complexity index is 1340. The average molecular weight is 473 g/mol. The summed E-state index contributed by atoms with van der Waals surface area (Å²) in [6.07, 6.45) is 4.72. The second kappa shape index (κ2) is 8.80. The van der Waals surface area contributed by atoms with Crippen molar-refractivity contribution in [1.82, 2.24) is 15.0 Å². The zero-order chi connectivity index (χ0) is 24.0. The van der Waals surface area contributed by atoms with E-state index in [1.807, 2.05) is 30.3 Å². The number of hydrogen-bond acceptors (Lipinski definition) is 5. The van der Waals surface area contributed by atoms with E-state index in [9.17, 15) is 9.59 Å². The zero-order valence-electron chi connectivity index (χ0n) is 19.8. The topological polar surface area (TPSA) is 66.7 Å². The van der Waals surface area contributed by atoms with E-state index < -0.39 is 0 Å². The molecule has 1 N–H and O–H groups in total. The first-order chi connectivity index (χ1) is 16.3. The van der Waals surface area contributed by atoms with Gasteiger partial charge in [-0.05, 0) is 35.6 Å². The van der Waals surface area contributed by atoms with Gasteiger partial charge in [-0.2, -0.15) is 0 Å². The molecule has 2 aliphatic rings. The van der Waals surface area contributed by atoms with Crippen LogP contribution in [-0.4, -0.2) is 32.7 Å². The second-order valence-corrected chi connectivity index (χ2v) is 10.4. The maximum absolute atomic E-state index is 13.1. The number of aromatic nitrogens is 1. The van der Waals surface area contributed by atoms with Crippen LogP contribution in [0.15, 0.2) is 64.6 Å². The monoisotopic (exact) mass is 472 g/mol. The number of rotatable bonds is 5. The molecule has 0 aliphatic carbocycles. The van der Waals surface area contributed by atoms with Gasteiger partial charge in [-0.3, -0.25) is 19.6 Å². The van der Waals surface area contributed by atoms with Gasteiger partial charge in [0.15, 0.2) is 5.50 Å². The number of carbonyl (C=O) groups excluding carboxylic acids is 2. The number of thioether (sulfide) groups is 1. The number of fused-ring (bicyclic) bond motifs is 2. The van der Waals surface area contributed by atoms with Gasteiger partial charge in [0.2, 0.25) is 5.91 Å². The molecule has 2 atom stereocenters. The first-order valence-corrected chi connectivity index (χ1v) is 12.5. The molecule has 0 radical (unpaired) electrons. The van der Waals surface area contributed by atoms with Crippen LogP contribution in [0.4, 0.5) is 0 Å². The van der Waals surface area contributed by atoms with Gasteiger partial charge >= 0.3 is 0 Å². The summed E-state index contributed by atoms with van der Waals surface area (Å²) in [4.78, 5) is 30.6. The summed E-state index contributed by atoms with van der Waals surface area (Å²) in [6, 6.07) is 16.4. The van der Waals surface area contributed by atoms with Crippen LogP contribution in [0.3, 0.4) is 0 Å². The average Bonchev–Trinajstić information content (AvgIpc) is 3.47. The number of aliphatic imine (C=N–C) groups is 1. The quantitative estimate of drug-likeness (QED) is 0.504. The van der Waals surface area contributed by atoms with Crippen LogP contribution in [0, 0.1) is 5.92 Å². The smallest absolute Gasteiger partial charge is 0.281 e. The van der Waals surface area contributed by atoms with Crippen molar-refractivity contribution in [3.63, 3.8) is 0 Å². The molecule has 1 amide bonds. The minimum absolute atomic E-state index is 0.0611. The van der Waals surface area contributed by atoms with Gasteiger partial charge in [0, 0.05) is 30.0 Å². The van der Waals surface area contributed by atoms with Crippen molar-refractivity contribution >= 4 is 46.4 Å². The number of carbonyl (C=O) groups is 2. The van der Waals surface area contributed by atoms with E-state index in [-0.39, 0.29) is 23.2 Å². The third-order valence-corrected chi connectivity index (χ3v) is 7.34. The summed E-state index contributed by atoms with van der Waals surface area (Å²) in [6.45, 7) is 8.08. The predicted octanol–water partition coefficient (Wildman–Crippen LogP) is 5.42. The number of hydrazine groups is 1. The van der Waals surface area contributed by atoms with Gasteiger partial charge in [-0.25, -0.2) is 10.0 Å². The lowest BCUT2D eigenvalue weighted by Crippen LogP contribution is -2.41. The lowest BCUT2D eigenvalue weighted by Gasteiger charge is -2.17. The second-order valence-electron chi connectivity index (χ2n) is 9.31. The van der Waals surface area contributed by atoms with E-state index in [1.165, 1.54) is 29.8 Å². The van der Waals surface area contributed by atoms with Crippen LogP contribution in [0.5, 0.6) is 0 Å². The summed E-state index contributed by atoms with van der Waals surface area (Å²) >= 11 is 1.43. The molecular weight excluding hydrogens is 444 g/mol. The molecule has 1 aromatic heterocycles. The van der Waals surface area contributed by atoms with Gasteiger partial charge in [0.25, 0.3) is 5.91 Å². The molecule has 174 valence electrons. The van der Waals surface area contributed by atoms with Gasteiger partial charge < -0.3 is 0 Å². The van der Waals surface area contributed by atoms with Crippen LogP contribution in [0.2, 0.25) is 0 Å². The number of hydrogen-bond donors (Lipinski definition) is 1. The van der Waals surface area contributed by atoms with Gasteiger partial charge in [-0.1, -0.05) is 75.0 Å². The van der Waals surface area contributed by atoms with E-state index in [4.69, 9.17) is 4.99 Å². The molecule has 2 aliphatic heterocycles. The molecule has 34 heavy (non-hydrogen) atoms. The Balaban J connectivity index is 1.36. The number of nitrogens with zero attached hydrogens (tertiary/aromatic N) is 3. The van der Waals surface area contributed by atoms with Crippen molar-refractivity contribution in [2.45, 2.75) is 45.5 Å². The van der Waals surface area contributed by atoms with Crippen molar-refractivity contribution in [2.75, 3.05) is 0 Å². The Kier molecular flexibility index (Phi) is 5.81. The Morgan fingerprint density at radius 1 is 1.15 bits per heavy atom. The van der Waals surface area contributed by atoms with E-state index in [2.05, 4.69) is 50.5 Å². The standard InChI is InChI=1S/C27H28N4O2S/c1-16(2)13-19-9-11-20(12-10-19)17(3)25-28-27-31(29-25)26(33)24(34-27)14-21-15-30(18(4)32)23-8-6-5-7-22(21)23/h5-12,14-17,27H,13H2,1-4H3,(H,28,29)/b24-14+. The highest BCUT2D eigenvalue weighted by Gasteiger charge is 2.42. The van der Waals surface area contributed by atoms with Gasteiger partial charge in [0.1, 0.15) is 5.84 Å². The number of benzene rings is 2. The maximum atomic E-state index is 13.1. The molecule has 7 heteroatoms. The fourth-order valence-corrected chi connectivity index (χ4v) is 5.54. The van der Waals surface area contributed by atoms with E-state index in [0.717, 1.165) is 28.7 Å². The minimum Gasteiger partial charge on any atom is -0.287 e. The number of amidine groups is 1. The summed E-state index contributed by atoms with van der Waals surface area (Å²) < 4.78 is 1.62. The third-order valence-electron chi connectivity index (χ3n) is 6.27. The molecule has 2 aromatic carbocycles. The fraction of sp³-hybridized carbons (Fsp3) is 0.296. The van der Waals surface area contributed by atoms with Crippen LogP contribution in [-0.2, 0) is 11.2 Å². The lowest BCUT2D eigenvalue weighted by atomic mass is 9.96. The Morgan fingerprint density at radius 3 is 2.56 bits per heavy atom. The van der Waals surface area contributed by atoms with E-state index in [1.54, 1.807) is 15.8 Å². The summed E-state index contributed by atoms with van der Waals surface area (Å²) in [5.41, 5.74) is 7.11. The molecule has 1 fully saturated rings. The Morgan fingerprint density at radius 2 is 1.88 bits per heavy atom. The highest BCUT2D eigenvalue weighted by molar-refractivity contribution is 8.05. The molecule has 1 saturated heterocycles. The van der Waals surface area contributed by atoms with Crippen molar-refractivity contribution in [3.8, 4) is 0 Å². The molecule has 0 saturated carbocycles. The summed E-state index contributed by atoms with van der Waals surface area (Å²) in [7, 11) is 0. The van der Waals surface area contributed by atoms with Crippen LogP contribution >= 0.6 is 11.8 Å². The van der Waals surface area contributed by atoms with E-state index >= 15 is 0 Å². The molecular formula is C27H28N4O2S. The van der Waals surface area contributed by atoms with Crippen molar-refractivity contribution < 1.29 is 9.59 Å². The van der Waals surface area contributed by atoms with Crippen LogP contribution in [0.25, 0.3) is 17.0 Å². The molecule has 0 spiro atoms. The fourth-order valence-electron chi connectivity index (χ4n) is 4.50. The van der Waals surface area contributed by atoms with Crippen LogP contribution < -0.4 is 5.43 Å². The Labute approximate surface area is 203 Å². The van der Waals surface area contributed by atoms with Crippen molar-refractivity contribution in [2.24, 2.45) is 10.9 Å². The first kappa shape index (κ1) is 22.5. The summed E-state index contributed by atoms with van der Waals surface area (Å²) in [5, 5.41) is 2.54. The summed E-state index contributed by atoms with van der Waals surface area (Å²) in [5.74, 6) is 1.32. The molecule has 5 rings (SSSR count). The van der Waals surface area contributed by atoms with Gasteiger partial charge in [-0.15, -0.1) is 0 Å². The molecule has 6 nitrogen and oxygen atoms in total. The zero-order valence-corrected chi connectivity index (χ0v) is 20.6. The van der Waals surface area contributed by atoms with E-state index in [0.29, 0.717) is 10.8 Å². The third kappa shape index (κ3) is 4.05. The number of para-hydroxylation sites is 1. The normalized spacial score (nSPS) is 19.6. The number of nitrogens with one attached hydrogen (secondary N) is 1. The molecule has 3 aromatic rings. The SMILES string of the molecule is CC(=O)n1cc(/C=C2/SC3N=C(C(C)c4ccc(CC(C)C)cc4)NN3C2=O)c2ccccc21.